The Hall–Kier alpha value is -2.16. The minimum atomic E-state index is -1.30. The van der Waals surface area contributed by atoms with Crippen molar-refractivity contribution in [1.82, 2.24) is 9.97 Å². The molecule has 3 aromatic rings. The summed E-state index contributed by atoms with van der Waals surface area (Å²) in [5.41, 5.74) is 1.53. The molecule has 2 unspecified atom stereocenters. The monoisotopic (exact) mass is 407 g/mol. The van der Waals surface area contributed by atoms with E-state index in [1.165, 1.54) is 11.3 Å². The van der Waals surface area contributed by atoms with Gasteiger partial charge < -0.3 is 10.4 Å². The third-order valence-corrected chi connectivity index (χ3v) is 7.81. The number of carboxylic acid groups (broad SMARTS) is 1. The molecule has 0 saturated carbocycles. The number of benzene rings is 1. The van der Waals surface area contributed by atoms with E-state index in [1.807, 2.05) is 18.2 Å². The van der Waals surface area contributed by atoms with Crippen molar-refractivity contribution in [3.8, 4) is 0 Å². The van der Waals surface area contributed by atoms with Crippen LogP contribution in [0.2, 0.25) is 5.02 Å². The number of thiazole rings is 1. The van der Waals surface area contributed by atoms with Gasteiger partial charge in [0.1, 0.15) is 16.1 Å². The highest BCUT2D eigenvalue weighted by Crippen LogP contribution is 2.48. The van der Waals surface area contributed by atoms with Gasteiger partial charge in [-0.05, 0) is 30.3 Å². The van der Waals surface area contributed by atoms with Gasteiger partial charge in [-0.1, -0.05) is 11.6 Å². The van der Waals surface area contributed by atoms with Crippen LogP contribution in [0.15, 0.2) is 41.6 Å². The van der Waals surface area contributed by atoms with Gasteiger partial charge in [-0.3, -0.25) is 9.59 Å². The maximum absolute atomic E-state index is 12.9. The second kappa shape index (κ2) is 6.86. The summed E-state index contributed by atoms with van der Waals surface area (Å²) in [6.45, 7) is 0. The van der Waals surface area contributed by atoms with Crippen LogP contribution >= 0.6 is 33.8 Å². The zero-order valence-corrected chi connectivity index (χ0v) is 15.8. The maximum atomic E-state index is 12.9. The zero-order valence-electron chi connectivity index (χ0n) is 13.3. The average molecular weight is 408 g/mol. The predicted octanol–water partition coefficient (Wildman–Crippen LogP) is 3.70. The summed E-state index contributed by atoms with van der Waals surface area (Å²) in [4.78, 5) is 33.0. The molecule has 1 aliphatic heterocycles. The number of carbonyl (C=O) groups is 2. The molecule has 0 saturated heterocycles. The van der Waals surface area contributed by atoms with Gasteiger partial charge in [0.05, 0.1) is 22.3 Å². The molecule has 3 heterocycles. The summed E-state index contributed by atoms with van der Waals surface area (Å²) >= 11 is 7.54. The van der Waals surface area contributed by atoms with Crippen LogP contribution < -0.4 is 5.32 Å². The first kappa shape index (κ1) is 17.3. The van der Waals surface area contributed by atoms with Crippen LogP contribution in [0.25, 0.3) is 10.2 Å². The van der Waals surface area contributed by atoms with Crippen molar-refractivity contribution in [2.45, 2.75) is 23.2 Å². The Morgan fingerprint density at radius 2 is 2.23 bits per heavy atom. The molecule has 0 spiro atoms. The van der Waals surface area contributed by atoms with Gasteiger partial charge in [-0.2, -0.15) is 0 Å². The highest BCUT2D eigenvalue weighted by Gasteiger charge is 2.35. The topological polar surface area (TPSA) is 92.2 Å². The third kappa shape index (κ3) is 3.27. The number of nitrogens with zero attached hydrogens (tertiary/aromatic N) is 2. The van der Waals surface area contributed by atoms with Gasteiger partial charge in [0.2, 0.25) is 0 Å². The van der Waals surface area contributed by atoms with Crippen LogP contribution in [-0.2, 0) is 15.3 Å². The minimum Gasteiger partial charge on any atom is -0.481 e. The fraction of sp³-hybridized carbons (Fsp3) is 0.176. The van der Waals surface area contributed by atoms with Crippen molar-refractivity contribution < 1.29 is 14.7 Å². The highest BCUT2D eigenvalue weighted by atomic mass is 35.5. The fourth-order valence-corrected chi connectivity index (χ4v) is 6.46. The Labute approximate surface area is 160 Å². The Morgan fingerprint density at radius 3 is 3.04 bits per heavy atom. The maximum Gasteiger partial charge on any atom is 0.305 e. The summed E-state index contributed by atoms with van der Waals surface area (Å²) in [7, 11) is -1.30. The number of pyridine rings is 1. The Balaban J connectivity index is 1.70. The lowest BCUT2D eigenvalue weighted by Crippen LogP contribution is -2.36. The predicted molar refractivity (Wildman–Crippen MR) is 104 cm³/mol. The van der Waals surface area contributed by atoms with Gasteiger partial charge in [-0.25, -0.2) is 9.97 Å². The Bertz CT molecular complexity index is 1020. The van der Waals surface area contributed by atoms with Crippen LogP contribution in [0.4, 0.5) is 5.69 Å². The number of rotatable bonds is 4. The number of nitrogens with one attached hydrogen (secondary N) is 1. The number of fused-ring (bicyclic) bond motifs is 2. The molecule has 0 radical (unpaired) electrons. The van der Waals surface area contributed by atoms with Gasteiger partial charge in [0, 0.05) is 17.0 Å². The van der Waals surface area contributed by atoms with E-state index in [2.05, 4.69) is 15.3 Å². The number of hydrogen-bond acceptors (Lipinski definition) is 6. The van der Waals surface area contributed by atoms with Gasteiger partial charge in [0.15, 0.2) is 5.12 Å². The van der Waals surface area contributed by atoms with Crippen molar-refractivity contribution in [3.63, 3.8) is 0 Å². The summed E-state index contributed by atoms with van der Waals surface area (Å²) in [6.07, 6.45) is 1.40. The molecule has 26 heavy (non-hydrogen) atoms. The van der Waals surface area contributed by atoms with Crippen LogP contribution in [0, 0.1) is 0 Å². The van der Waals surface area contributed by atoms with E-state index < -0.39 is 22.9 Å². The number of carboxylic acids is 1. The lowest BCUT2D eigenvalue weighted by molar-refractivity contribution is -0.138. The average Bonchev–Trinajstić information content (AvgIpc) is 2.99. The van der Waals surface area contributed by atoms with Gasteiger partial charge in [0.25, 0.3) is 0 Å². The minimum absolute atomic E-state index is 0.106. The molecule has 4 rings (SSSR count). The van der Waals surface area contributed by atoms with E-state index in [0.717, 1.165) is 20.9 Å². The summed E-state index contributed by atoms with van der Waals surface area (Å²) < 4.78 is 1.00. The number of halogens is 1. The van der Waals surface area contributed by atoms with E-state index in [1.54, 1.807) is 18.3 Å². The van der Waals surface area contributed by atoms with Crippen LogP contribution in [0.1, 0.15) is 11.4 Å². The molecule has 0 bridgehead atoms. The largest absolute Gasteiger partial charge is 0.481 e. The van der Waals surface area contributed by atoms with Crippen LogP contribution in [-0.4, -0.2) is 32.2 Å². The summed E-state index contributed by atoms with van der Waals surface area (Å²) in [6, 6.07) is 8.39. The van der Waals surface area contributed by atoms with Gasteiger partial charge in [-0.15, -0.1) is 22.2 Å². The van der Waals surface area contributed by atoms with Crippen molar-refractivity contribution >= 4 is 60.8 Å². The first-order valence-electron chi connectivity index (χ1n) is 7.81. The van der Waals surface area contributed by atoms with Gasteiger partial charge >= 0.3 is 5.97 Å². The molecule has 0 fully saturated rings. The Kier molecular flexibility index (Phi) is 4.56. The molecule has 0 aliphatic carbocycles. The smallest absolute Gasteiger partial charge is 0.305 e. The molecule has 9 heteroatoms. The van der Waals surface area contributed by atoms with E-state index >= 15 is 0 Å². The molecule has 2 atom stereocenters. The SMILES string of the molecule is O=C(O)CC1Nc2cccnc2[SH](Cc2nc3cc(Cl)ccc3s2)C1=O. The number of anilines is 1. The van der Waals surface area contributed by atoms with Crippen molar-refractivity contribution in [2.24, 2.45) is 0 Å². The van der Waals surface area contributed by atoms with E-state index in [-0.39, 0.29) is 11.5 Å². The first-order chi connectivity index (χ1) is 12.5. The van der Waals surface area contributed by atoms with Crippen LogP contribution in [0.5, 0.6) is 0 Å². The molecule has 6 nitrogen and oxygen atoms in total. The number of aromatic nitrogens is 2. The van der Waals surface area contributed by atoms with Crippen molar-refractivity contribution in [3.05, 3.63) is 46.6 Å². The summed E-state index contributed by atoms with van der Waals surface area (Å²) in [5.74, 6) is -0.555. The molecule has 134 valence electrons. The molecule has 1 aliphatic rings. The highest BCUT2D eigenvalue weighted by molar-refractivity contribution is 8.29. The molecular formula is C17H14ClN3O3S2. The van der Waals surface area contributed by atoms with Crippen molar-refractivity contribution in [2.75, 3.05) is 5.32 Å². The molecular weight excluding hydrogens is 394 g/mol. The molecule has 1 aromatic carbocycles. The Morgan fingerprint density at radius 1 is 1.38 bits per heavy atom. The molecule has 2 aromatic heterocycles. The lowest BCUT2D eigenvalue weighted by Gasteiger charge is -2.32. The van der Waals surface area contributed by atoms with Crippen LogP contribution in [0.3, 0.4) is 0 Å². The van der Waals surface area contributed by atoms with E-state index in [4.69, 9.17) is 16.7 Å². The normalized spacial score (nSPS) is 20.6. The first-order valence-corrected chi connectivity index (χ1v) is 10.5. The fourth-order valence-electron chi connectivity index (χ4n) is 2.88. The second-order valence-electron chi connectivity index (χ2n) is 5.81. The number of aliphatic carboxylic acids is 1. The van der Waals surface area contributed by atoms with E-state index in [0.29, 0.717) is 15.8 Å². The second-order valence-corrected chi connectivity index (χ2v) is 9.40. The third-order valence-electron chi connectivity index (χ3n) is 4.00. The summed E-state index contributed by atoms with van der Waals surface area (Å²) in [5, 5.41) is 14.2. The quantitative estimate of drug-likeness (QED) is 0.571. The van der Waals surface area contributed by atoms with E-state index in [9.17, 15) is 9.59 Å². The number of thiol groups is 1. The standard InChI is InChI=1S/C17H14ClN3O3S2/c18-9-3-4-13-11(6-9)21-14(25-13)8-26-16-10(2-1-5-19-16)20-12(17(26)24)7-15(22)23/h1-6,12,20,26H,7-8H2,(H,22,23). The molecule has 0 amide bonds. The zero-order chi connectivity index (χ0) is 18.3. The number of hydrogen-bond donors (Lipinski definition) is 3. The lowest BCUT2D eigenvalue weighted by atomic mass is 10.2. The van der Waals surface area contributed by atoms with Crippen molar-refractivity contribution in [1.29, 1.82) is 0 Å². The molecule has 2 N–H and O–H groups in total. The number of carbonyl (C=O) groups excluding carboxylic acids is 1.